The number of carbonyl (C=O) groups excluding carboxylic acids is 1. The molecule has 2 aromatic carbocycles. The fourth-order valence-electron chi connectivity index (χ4n) is 2.26. The number of hydrogen-bond acceptors (Lipinski definition) is 6. The Bertz CT molecular complexity index is 914. The summed E-state index contributed by atoms with van der Waals surface area (Å²) in [6, 6.07) is 14.5. The first-order valence-electron chi connectivity index (χ1n) is 8.09. The third kappa shape index (κ3) is 5.15. The highest BCUT2D eigenvalue weighted by Crippen LogP contribution is 2.27. The third-order valence-corrected chi connectivity index (χ3v) is 4.85. The molecule has 1 aromatic heterocycles. The molecule has 0 aliphatic carbocycles. The molecule has 0 saturated heterocycles. The molecule has 140 valence electrons. The van der Waals surface area contributed by atoms with Crippen molar-refractivity contribution in [2.24, 2.45) is 0 Å². The fraction of sp³-hybridized carbons (Fsp3) is 0.167. The summed E-state index contributed by atoms with van der Waals surface area (Å²) in [5, 5.41) is 13.5. The first kappa shape index (κ1) is 19.5. The van der Waals surface area contributed by atoms with Crippen LogP contribution in [-0.4, -0.2) is 33.1 Å². The molecule has 1 heterocycles. The molecule has 3 rings (SSSR count). The van der Waals surface area contributed by atoms with Crippen LogP contribution >= 0.6 is 35.0 Å². The molecule has 0 saturated carbocycles. The summed E-state index contributed by atoms with van der Waals surface area (Å²) in [5.74, 6) is 0.340. The number of rotatable bonds is 7. The van der Waals surface area contributed by atoms with Crippen molar-refractivity contribution in [3.8, 4) is 5.69 Å². The molecule has 0 aliphatic heterocycles. The van der Waals surface area contributed by atoms with Gasteiger partial charge in [0.1, 0.15) is 0 Å². The van der Waals surface area contributed by atoms with Crippen LogP contribution < -0.4 is 5.32 Å². The fourth-order valence-corrected chi connectivity index (χ4v) is 3.26. The van der Waals surface area contributed by atoms with Gasteiger partial charge < -0.3 is 10.1 Å². The van der Waals surface area contributed by atoms with Crippen LogP contribution in [-0.2, 0) is 9.53 Å². The number of aromatic nitrogens is 3. The molecule has 3 aromatic rings. The van der Waals surface area contributed by atoms with Gasteiger partial charge in [0.2, 0.25) is 5.95 Å². The molecule has 0 bridgehead atoms. The zero-order valence-electron chi connectivity index (χ0n) is 14.4. The number of benzene rings is 2. The Morgan fingerprint density at radius 2 is 1.70 bits per heavy atom. The first-order valence-corrected chi connectivity index (χ1v) is 9.83. The number of anilines is 2. The van der Waals surface area contributed by atoms with E-state index in [1.165, 1.54) is 11.8 Å². The number of halogens is 2. The maximum atomic E-state index is 11.7. The Balaban J connectivity index is 1.91. The van der Waals surface area contributed by atoms with Gasteiger partial charge in [0.15, 0.2) is 5.16 Å². The Labute approximate surface area is 170 Å². The largest absolute Gasteiger partial charge is 0.465 e. The van der Waals surface area contributed by atoms with Gasteiger partial charge in [0, 0.05) is 15.7 Å². The lowest BCUT2D eigenvalue weighted by Gasteiger charge is -2.11. The average Bonchev–Trinajstić information content (AvgIpc) is 3.05. The topological polar surface area (TPSA) is 69.0 Å². The highest BCUT2D eigenvalue weighted by molar-refractivity contribution is 7.99. The Morgan fingerprint density at radius 3 is 2.33 bits per heavy atom. The second kappa shape index (κ2) is 9.12. The van der Waals surface area contributed by atoms with Crippen molar-refractivity contribution in [3.63, 3.8) is 0 Å². The predicted molar refractivity (Wildman–Crippen MR) is 108 cm³/mol. The van der Waals surface area contributed by atoms with E-state index in [0.717, 1.165) is 11.4 Å². The van der Waals surface area contributed by atoms with Crippen LogP contribution in [0.15, 0.2) is 53.7 Å². The van der Waals surface area contributed by atoms with Crippen LogP contribution in [0, 0.1) is 0 Å². The van der Waals surface area contributed by atoms with Gasteiger partial charge in [0.25, 0.3) is 0 Å². The van der Waals surface area contributed by atoms with Gasteiger partial charge in [-0.15, -0.1) is 10.2 Å². The molecule has 0 amide bonds. The summed E-state index contributed by atoms with van der Waals surface area (Å²) < 4.78 is 6.79. The summed E-state index contributed by atoms with van der Waals surface area (Å²) in [4.78, 5) is 11.7. The van der Waals surface area contributed by atoms with Crippen molar-refractivity contribution in [2.75, 3.05) is 17.7 Å². The van der Waals surface area contributed by atoms with E-state index in [9.17, 15) is 4.79 Å². The average molecular weight is 423 g/mol. The standard InChI is InChI=1S/C18H16Cl2N4O2S/c1-2-26-16(25)11-27-18-23-22-17(21-14-7-3-12(19)4-8-14)24(18)15-9-5-13(20)6-10-15/h3-10H,2,11H2,1H3,(H,21,22). The molecule has 6 nitrogen and oxygen atoms in total. The van der Waals surface area contributed by atoms with Gasteiger partial charge in [-0.25, -0.2) is 0 Å². The lowest BCUT2D eigenvalue weighted by Crippen LogP contribution is -2.08. The van der Waals surface area contributed by atoms with Gasteiger partial charge in [-0.05, 0) is 55.5 Å². The Morgan fingerprint density at radius 1 is 1.07 bits per heavy atom. The zero-order valence-corrected chi connectivity index (χ0v) is 16.7. The van der Waals surface area contributed by atoms with E-state index in [-0.39, 0.29) is 11.7 Å². The van der Waals surface area contributed by atoms with Crippen molar-refractivity contribution >= 4 is 52.6 Å². The predicted octanol–water partition coefficient (Wildman–Crippen LogP) is 4.97. The second-order valence-corrected chi connectivity index (χ2v) is 7.16. The maximum Gasteiger partial charge on any atom is 0.316 e. The van der Waals surface area contributed by atoms with Crippen molar-refractivity contribution in [3.05, 3.63) is 58.6 Å². The maximum absolute atomic E-state index is 11.7. The molecule has 1 N–H and O–H groups in total. The van der Waals surface area contributed by atoms with E-state index in [0.29, 0.717) is 27.8 Å². The van der Waals surface area contributed by atoms with Crippen molar-refractivity contribution in [1.29, 1.82) is 0 Å². The van der Waals surface area contributed by atoms with Crippen LogP contribution in [0.5, 0.6) is 0 Å². The first-order chi connectivity index (χ1) is 13.1. The summed E-state index contributed by atoms with van der Waals surface area (Å²) in [7, 11) is 0. The molecule has 27 heavy (non-hydrogen) atoms. The van der Waals surface area contributed by atoms with Crippen LogP contribution in [0.4, 0.5) is 11.6 Å². The molecule has 0 radical (unpaired) electrons. The van der Waals surface area contributed by atoms with E-state index in [1.807, 2.05) is 28.8 Å². The van der Waals surface area contributed by atoms with E-state index >= 15 is 0 Å². The number of hydrogen-bond donors (Lipinski definition) is 1. The van der Waals surface area contributed by atoms with Crippen LogP contribution in [0.3, 0.4) is 0 Å². The molecular weight excluding hydrogens is 407 g/mol. The van der Waals surface area contributed by atoms with E-state index in [2.05, 4.69) is 15.5 Å². The summed E-state index contributed by atoms with van der Waals surface area (Å²) >= 11 is 13.2. The highest BCUT2D eigenvalue weighted by Gasteiger charge is 2.16. The van der Waals surface area contributed by atoms with Gasteiger partial charge in [-0.2, -0.15) is 0 Å². The van der Waals surface area contributed by atoms with Crippen LogP contribution in [0.1, 0.15) is 6.92 Å². The van der Waals surface area contributed by atoms with Crippen LogP contribution in [0.25, 0.3) is 5.69 Å². The van der Waals surface area contributed by atoms with Gasteiger partial charge in [-0.1, -0.05) is 35.0 Å². The second-order valence-electron chi connectivity index (χ2n) is 5.34. The number of thioether (sulfide) groups is 1. The normalized spacial score (nSPS) is 10.6. The van der Waals surface area contributed by atoms with Crippen LogP contribution in [0.2, 0.25) is 10.0 Å². The smallest absolute Gasteiger partial charge is 0.316 e. The Kier molecular flexibility index (Phi) is 6.60. The van der Waals surface area contributed by atoms with Gasteiger partial charge in [0.05, 0.1) is 18.0 Å². The molecule has 0 unspecified atom stereocenters. The minimum atomic E-state index is -0.305. The molecule has 9 heteroatoms. The lowest BCUT2D eigenvalue weighted by atomic mass is 10.3. The molecule has 0 spiro atoms. The van der Waals surface area contributed by atoms with Crippen molar-refractivity contribution in [2.45, 2.75) is 12.1 Å². The van der Waals surface area contributed by atoms with Gasteiger partial charge in [-0.3, -0.25) is 9.36 Å². The number of ether oxygens (including phenoxy) is 1. The van der Waals surface area contributed by atoms with Crippen molar-refractivity contribution in [1.82, 2.24) is 14.8 Å². The van der Waals surface area contributed by atoms with Gasteiger partial charge >= 0.3 is 5.97 Å². The monoisotopic (exact) mass is 422 g/mol. The Hall–Kier alpha value is -2.22. The lowest BCUT2D eigenvalue weighted by molar-refractivity contribution is -0.139. The van der Waals surface area contributed by atoms with E-state index in [4.69, 9.17) is 27.9 Å². The molecule has 0 fully saturated rings. The van der Waals surface area contributed by atoms with E-state index in [1.54, 1.807) is 31.2 Å². The number of esters is 1. The highest BCUT2D eigenvalue weighted by atomic mass is 35.5. The number of nitrogens with zero attached hydrogens (tertiary/aromatic N) is 3. The summed E-state index contributed by atoms with van der Waals surface area (Å²) in [6.45, 7) is 2.11. The zero-order chi connectivity index (χ0) is 19.2. The molecular formula is C18H16Cl2N4O2S. The quantitative estimate of drug-likeness (QED) is 0.427. The summed E-state index contributed by atoms with van der Waals surface area (Å²) in [6.07, 6.45) is 0. The van der Waals surface area contributed by atoms with Crippen molar-refractivity contribution < 1.29 is 9.53 Å². The minimum absolute atomic E-state index is 0.139. The summed E-state index contributed by atoms with van der Waals surface area (Å²) in [5.41, 5.74) is 1.62. The molecule has 0 atom stereocenters. The van der Waals surface area contributed by atoms with E-state index < -0.39 is 0 Å². The third-order valence-electron chi connectivity index (χ3n) is 3.44. The number of carbonyl (C=O) groups is 1. The number of nitrogens with one attached hydrogen (secondary N) is 1. The minimum Gasteiger partial charge on any atom is -0.465 e. The molecule has 0 aliphatic rings. The SMILES string of the molecule is CCOC(=O)CSc1nnc(Nc2ccc(Cl)cc2)n1-c1ccc(Cl)cc1.